The van der Waals surface area contributed by atoms with Crippen LogP contribution < -0.4 is 21.3 Å². The van der Waals surface area contributed by atoms with E-state index in [2.05, 4.69) is 40.3 Å². The number of amides is 4. The zero-order valence-electron chi connectivity index (χ0n) is 30.0. The Morgan fingerprint density at radius 3 is 2.08 bits per heavy atom. The molecule has 3 saturated carbocycles. The minimum Gasteiger partial charge on any atom is -0.352 e. The van der Waals surface area contributed by atoms with Gasteiger partial charge in [-0.05, 0) is 87.9 Å². The van der Waals surface area contributed by atoms with Crippen molar-refractivity contribution in [2.24, 2.45) is 5.92 Å². The molecule has 0 heterocycles. The second-order valence-corrected chi connectivity index (χ2v) is 15.0. The molecule has 4 N–H and O–H groups in total. The van der Waals surface area contributed by atoms with Crippen LogP contribution in [0, 0.1) is 5.92 Å². The van der Waals surface area contributed by atoms with Crippen molar-refractivity contribution in [2.75, 3.05) is 14.1 Å². The van der Waals surface area contributed by atoms with Crippen LogP contribution in [0.25, 0.3) is 11.1 Å². The number of carbonyl (C=O) groups is 4. The second kappa shape index (κ2) is 16.7. The fourth-order valence-corrected chi connectivity index (χ4v) is 8.33. The van der Waals surface area contributed by atoms with Crippen molar-refractivity contribution in [3.05, 3.63) is 96.1 Å². The molecule has 0 radical (unpaired) electrons. The van der Waals surface area contributed by atoms with Crippen molar-refractivity contribution in [1.82, 2.24) is 26.2 Å². The van der Waals surface area contributed by atoms with Gasteiger partial charge in [0.05, 0.1) is 0 Å². The minimum absolute atomic E-state index is 0.0771. The quantitative estimate of drug-likeness (QED) is 0.203. The summed E-state index contributed by atoms with van der Waals surface area (Å²) >= 11 is 0. The summed E-state index contributed by atoms with van der Waals surface area (Å²) in [6, 6.07) is 26.5. The molecule has 0 unspecified atom stereocenters. The van der Waals surface area contributed by atoms with E-state index in [1.807, 2.05) is 72.8 Å². The van der Waals surface area contributed by atoms with Gasteiger partial charge >= 0.3 is 0 Å². The summed E-state index contributed by atoms with van der Waals surface area (Å²) < 4.78 is 0. The molecule has 5 atom stereocenters. The second-order valence-electron chi connectivity index (χ2n) is 15.0. The van der Waals surface area contributed by atoms with Crippen molar-refractivity contribution in [2.45, 2.75) is 107 Å². The van der Waals surface area contributed by atoms with E-state index in [-0.39, 0.29) is 41.6 Å². The van der Waals surface area contributed by atoms with E-state index in [4.69, 9.17) is 0 Å². The Morgan fingerprint density at radius 2 is 1.39 bits per heavy atom. The lowest BCUT2D eigenvalue weighted by Crippen LogP contribution is -2.61. The van der Waals surface area contributed by atoms with Crippen LogP contribution in [0.5, 0.6) is 0 Å². The average Bonchev–Trinajstić information content (AvgIpc) is 3.83. The Morgan fingerprint density at radius 1 is 0.745 bits per heavy atom. The highest BCUT2D eigenvalue weighted by Gasteiger charge is 2.44. The summed E-state index contributed by atoms with van der Waals surface area (Å²) in [5.41, 5.74) is 2.37. The molecule has 0 bridgehead atoms. The van der Waals surface area contributed by atoms with E-state index in [0.717, 1.165) is 48.8 Å². The van der Waals surface area contributed by atoms with Gasteiger partial charge in [0.25, 0.3) is 5.91 Å². The van der Waals surface area contributed by atoms with Gasteiger partial charge < -0.3 is 26.2 Å². The number of rotatable bonds is 12. The van der Waals surface area contributed by atoms with Crippen LogP contribution in [0.3, 0.4) is 0 Å². The summed E-state index contributed by atoms with van der Waals surface area (Å²) in [4.78, 5) is 57.2. The molecule has 4 amide bonds. The Labute approximate surface area is 302 Å². The van der Waals surface area contributed by atoms with Gasteiger partial charge in [0.2, 0.25) is 17.7 Å². The molecule has 3 fully saturated rings. The monoisotopic (exact) mass is 691 g/mol. The molecular formula is C42H53N5O4. The summed E-state index contributed by atoms with van der Waals surface area (Å²) in [5.74, 6) is -0.989. The molecule has 9 nitrogen and oxygen atoms in total. The van der Waals surface area contributed by atoms with E-state index in [0.29, 0.717) is 50.1 Å². The average molecular weight is 692 g/mol. The molecule has 0 saturated heterocycles. The molecule has 270 valence electrons. The molecule has 0 aliphatic heterocycles. The van der Waals surface area contributed by atoms with Gasteiger partial charge in [-0.1, -0.05) is 98.5 Å². The van der Waals surface area contributed by atoms with Crippen LogP contribution in [-0.2, 0) is 20.8 Å². The molecule has 3 aromatic rings. The third-order valence-electron chi connectivity index (χ3n) is 11.3. The zero-order chi connectivity index (χ0) is 35.8. The normalized spacial score (nSPS) is 23.3. The van der Waals surface area contributed by atoms with E-state index in [9.17, 15) is 19.2 Å². The third kappa shape index (κ3) is 9.06. The fraction of sp³-hybridized carbons (Fsp3) is 0.476. The third-order valence-corrected chi connectivity index (χ3v) is 11.3. The predicted molar refractivity (Wildman–Crippen MR) is 200 cm³/mol. The van der Waals surface area contributed by atoms with Crippen molar-refractivity contribution in [1.29, 1.82) is 0 Å². The summed E-state index contributed by atoms with van der Waals surface area (Å²) in [5, 5.41) is 12.7. The Kier molecular flexibility index (Phi) is 11.9. The maximum atomic E-state index is 14.2. The van der Waals surface area contributed by atoms with Gasteiger partial charge in [-0.3, -0.25) is 19.2 Å². The minimum atomic E-state index is -1.11. The van der Waals surface area contributed by atoms with Gasteiger partial charge in [-0.15, -0.1) is 0 Å². The lowest BCUT2D eigenvalue weighted by Gasteiger charge is -2.37. The van der Waals surface area contributed by atoms with Gasteiger partial charge in [0.1, 0.15) is 11.6 Å². The topological polar surface area (TPSA) is 120 Å². The van der Waals surface area contributed by atoms with E-state index >= 15 is 0 Å². The first kappa shape index (κ1) is 36.3. The summed E-state index contributed by atoms with van der Waals surface area (Å²) in [6.07, 6.45) is 9.31. The number of nitrogens with one attached hydrogen (secondary N) is 4. The van der Waals surface area contributed by atoms with Crippen LogP contribution in [-0.4, -0.2) is 72.3 Å². The SMILES string of the molecule is CN(C)[C@H]1CCCC[C@@H]1NC(=O)[C@@H]1CC[C@H](NC(=O)[C@@H](Cc2ccccc2)NC(=O)C2(NC(=O)c3ccc(-c4ccccc4)cc3)CCCC2)C1. The highest BCUT2D eigenvalue weighted by molar-refractivity contribution is 6.00. The van der Waals surface area contributed by atoms with Gasteiger partial charge in [-0.2, -0.15) is 0 Å². The molecule has 6 rings (SSSR count). The lowest BCUT2D eigenvalue weighted by atomic mass is 9.89. The van der Waals surface area contributed by atoms with Crippen molar-refractivity contribution >= 4 is 23.6 Å². The fourth-order valence-electron chi connectivity index (χ4n) is 8.33. The molecule has 51 heavy (non-hydrogen) atoms. The van der Waals surface area contributed by atoms with E-state index < -0.39 is 11.6 Å². The van der Waals surface area contributed by atoms with Gasteiger partial charge in [0.15, 0.2) is 0 Å². The maximum absolute atomic E-state index is 14.2. The molecular weight excluding hydrogens is 638 g/mol. The van der Waals surface area contributed by atoms with Crippen LogP contribution >= 0.6 is 0 Å². The number of nitrogens with zero attached hydrogens (tertiary/aromatic N) is 1. The number of benzene rings is 3. The summed E-state index contributed by atoms with van der Waals surface area (Å²) in [6.45, 7) is 0. The molecule has 0 spiro atoms. The predicted octanol–water partition coefficient (Wildman–Crippen LogP) is 5.40. The molecule has 3 aliphatic rings. The number of hydrogen-bond donors (Lipinski definition) is 4. The smallest absolute Gasteiger partial charge is 0.252 e. The van der Waals surface area contributed by atoms with Gasteiger partial charge in [-0.25, -0.2) is 0 Å². The van der Waals surface area contributed by atoms with Crippen LogP contribution in [0.2, 0.25) is 0 Å². The first-order valence-corrected chi connectivity index (χ1v) is 18.8. The first-order chi connectivity index (χ1) is 24.7. The standard InChI is InChI=1S/C42H53N5O4/c1-47(2)37-18-10-9-17-35(37)44-38(48)33-23-24-34(28-33)43-40(50)36(27-29-13-5-3-6-14-29)45-41(51)42(25-11-12-26-42)46-39(49)32-21-19-31(20-22-32)30-15-7-4-8-16-30/h3-8,13-16,19-22,33-37H,9-12,17-18,23-28H2,1-2H3,(H,43,50)(H,44,48)(H,45,51)(H,46,49)/t33-,34+,35+,36-,37+/m1/s1. The largest absolute Gasteiger partial charge is 0.352 e. The highest BCUT2D eigenvalue weighted by Crippen LogP contribution is 2.32. The number of likely N-dealkylation sites (N-methyl/N-ethyl adjacent to an activating group) is 1. The van der Waals surface area contributed by atoms with Crippen LogP contribution in [0.4, 0.5) is 0 Å². The first-order valence-electron chi connectivity index (χ1n) is 18.8. The summed E-state index contributed by atoms with van der Waals surface area (Å²) in [7, 11) is 4.16. The van der Waals surface area contributed by atoms with E-state index in [1.165, 1.54) is 6.42 Å². The zero-order valence-corrected chi connectivity index (χ0v) is 30.0. The Balaban J connectivity index is 1.10. The van der Waals surface area contributed by atoms with Crippen molar-refractivity contribution in [3.63, 3.8) is 0 Å². The molecule has 9 heteroatoms. The molecule has 0 aromatic heterocycles. The van der Waals surface area contributed by atoms with Gasteiger partial charge in [0, 0.05) is 36.0 Å². The van der Waals surface area contributed by atoms with Crippen LogP contribution in [0.15, 0.2) is 84.9 Å². The van der Waals surface area contributed by atoms with Crippen LogP contribution in [0.1, 0.15) is 86.6 Å². The Bertz CT molecular complexity index is 1640. The molecule has 3 aliphatic carbocycles. The Hall–Kier alpha value is -4.50. The van der Waals surface area contributed by atoms with Crippen molar-refractivity contribution < 1.29 is 19.2 Å². The number of hydrogen-bond acceptors (Lipinski definition) is 5. The van der Waals surface area contributed by atoms with E-state index in [1.54, 1.807) is 12.1 Å². The number of carbonyl (C=O) groups excluding carboxylic acids is 4. The maximum Gasteiger partial charge on any atom is 0.252 e. The lowest BCUT2D eigenvalue weighted by molar-refractivity contribution is -0.132. The highest BCUT2D eigenvalue weighted by atomic mass is 16.2. The molecule has 3 aromatic carbocycles. The van der Waals surface area contributed by atoms with Crippen molar-refractivity contribution in [3.8, 4) is 11.1 Å².